The molecule has 0 saturated heterocycles. The fourth-order valence-corrected chi connectivity index (χ4v) is 5.01. The summed E-state index contributed by atoms with van der Waals surface area (Å²) >= 11 is 9.28. The van der Waals surface area contributed by atoms with Crippen LogP contribution in [0.3, 0.4) is 0 Å². The SMILES string of the molecule is Cl.NCC(NS(=O)(=O)c1ccc(Br)cc1Cl)C1CCCC1. The van der Waals surface area contributed by atoms with E-state index in [-0.39, 0.29) is 28.4 Å². The largest absolute Gasteiger partial charge is 0.329 e. The summed E-state index contributed by atoms with van der Waals surface area (Å²) in [4.78, 5) is 0.0961. The van der Waals surface area contributed by atoms with E-state index in [1.165, 1.54) is 6.07 Å². The van der Waals surface area contributed by atoms with Crippen LogP contribution < -0.4 is 10.5 Å². The lowest BCUT2D eigenvalue weighted by Gasteiger charge is -2.23. The number of halogens is 3. The van der Waals surface area contributed by atoms with Crippen molar-refractivity contribution in [2.45, 2.75) is 36.6 Å². The summed E-state index contributed by atoms with van der Waals surface area (Å²) in [6.07, 6.45) is 4.33. The van der Waals surface area contributed by atoms with Gasteiger partial charge in [0.05, 0.1) is 5.02 Å². The van der Waals surface area contributed by atoms with Gasteiger partial charge in [-0.1, -0.05) is 40.4 Å². The maximum Gasteiger partial charge on any atom is 0.242 e. The second-order valence-corrected chi connectivity index (χ2v) is 8.09. The zero-order chi connectivity index (χ0) is 14.8. The van der Waals surface area contributed by atoms with E-state index in [2.05, 4.69) is 20.7 Å². The van der Waals surface area contributed by atoms with E-state index < -0.39 is 10.0 Å². The lowest BCUT2D eigenvalue weighted by Crippen LogP contribution is -2.44. The second kappa shape index (κ2) is 8.13. The molecule has 4 nitrogen and oxygen atoms in total. The van der Waals surface area contributed by atoms with E-state index in [1.54, 1.807) is 12.1 Å². The van der Waals surface area contributed by atoms with Gasteiger partial charge >= 0.3 is 0 Å². The van der Waals surface area contributed by atoms with Crippen LogP contribution in [-0.2, 0) is 10.0 Å². The molecule has 21 heavy (non-hydrogen) atoms. The number of benzene rings is 1. The molecule has 0 aromatic heterocycles. The minimum Gasteiger partial charge on any atom is -0.329 e. The molecule has 0 bridgehead atoms. The van der Waals surface area contributed by atoms with E-state index in [0.29, 0.717) is 12.5 Å². The molecule has 8 heteroatoms. The molecule has 0 heterocycles. The van der Waals surface area contributed by atoms with Gasteiger partial charge in [-0.2, -0.15) is 0 Å². The zero-order valence-corrected chi connectivity index (χ0v) is 15.4. The number of hydrogen-bond donors (Lipinski definition) is 2. The first-order valence-electron chi connectivity index (χ1n) is 6.61. The average Bonchev–Trinajstić information content (AvgIpc) is 2.89. The molecule has 1 aromatic rings. The van der Waals surface area contributed by atoms with Gasteiger partial charge in [-0.3, -0.25) is 0 Å². The molecule has 1 fully saturated rings. The molecule has 3 N–H and O–H groups in total. The van der Waals surface area contributed by atoms with Crippen LogP contribution in [0.1, 0.15) is 25.7 Å². The fraction of sp³-hybridized carbons (Fsp3) is 0.538. The average molecular weight is 418 g/mol. The van der Waals surface area contributed by atoms with Gasteiger partial charge in [0.15, 0.2) is 0 Å². The third-order valence-electron chi connectivity index (χ3n) is 3.71. The Hall–Kier alpha value is 0.150. The number of rotatable bonds is 5. The van der Waals surface area contributed by atoms with Crippen LogP contribution in [0.4, 0.5) is 0 Å². The van der Waals surface area contributed by atoms with Crippen molar-refractivity contribution in [3.05, 3.63) is 27.7 Å². The molecule has 0 amide bonds. The number of hydrogen-bond acceptors (Lipinski definition) is 3. The molecule has 1 aromatic carbocycles. The Balaban J connectivity index is 0.00000220. The third-order valence-corrected chi connectivity index (χ3v) is 6.18. The molecule has 120 valence electrons. The number of sulfonamides is 1. The molecule has 0 radical (unpaired) electrons. The van der Waals surface area contributed by atoms with Crippen molar-refractivity contribution in [1.29, 1.82) is 0 Å². The summed E-state index contributed by atoms with van der Waals surface area (Å²) in [6.45, 7) is 0.304. The first-order chi connectivity index (χ1) is 9.44. The van der Waals surface area contributed by atoms with Crippen LogP contribution in [0.25, 0.3) is 0 Å². The summed E-state index contributed by atoms with van der Waals surface area (Å²) in [6, 6.07) is 4.51. The fourth-order valence-electron chi connectivity index (χ4n) is 2.65. The summed E-state index contributed by atoms with van der Waals surface area (Å²) in [7, 11) is -3.64. The van der Waals surface area contributed by atoms with Crippen molar-refractivity contribution in [2.75, 3.05) is 6.54 Å². The lowest BCUT2D eigenvalue weighted by atomic mass is 9.99. The van der Waals surface area contributed by atoms with Crippen LogP contribution >= 0.6 is 39.9 Å². The molecular formula is C13H19BrCl2N2O2S. The van der Waals surface area contributed by atoms with Crippen molar-refractivity contribution in [2.24, 2.45) is 11.7 Å². The van der Waals surface area contributed by atoms with Crippen LogP contribution in [0.5, 0.6) is 0 Å². The van der Waals surface area contributed by atoms with E-state index >= 15 is 0 Å². The summed E-state index contributed by atoms with van der Waals surface area (Å²) < 4.78 is 28.3. The number of nitrogens with one attached hydrogen (secondary N) is 1. The highest BCUT2D eigenvalue weighted by Crippen LogP contribution is 2.29. The van der Waals surface area contributed by atoms with Crippen LogP contribution in [0.15, 0.2) is 27.6 Å². The molecule has 0 aliphatic heterocycles. The van der Waals surface area contributed by atoms with Crippen molar-refractivity contribution < 1.29 is 8.42 Å². The van der Waals surface area contributed by atoms with Crippen molar-refractivity contribution in [3.63, 3.8) is 0 Å². The zero-order valence-electron chi connectivity index (χ0n) is 11.4. The van der Waals surface area contributed by atoms with Gasteiger partial charge in [0.1, 0.15) is 4.90 Å². The highest BCUT2D eigenvalue weighted by Gasteiger charge is 2.29. The van der Waals surface area contributed by atoms with E-state index in [0.717, 1.165) is 30.2 Å². The molecule has 1 aliphatic carbocycles. The Morgan fingerprint density at radius 2 is 2.00 bits per heavy atom. The Morgan fingerprint density at radius 3 is 2.52 bits per heavy atom. The smallest absolute Gasteiger partial charge is 0.242 e. The van der Waals surface area contributed by atoms with Crippen LogP contribution in [-0.4, -0.2) is 21.0 Å². The topological polar surface area (TPSA) is 72.2 Å². The standard InChI is InChI=1S/C13H18BrClN2O2S.ClH/c14-10-5-6-13(11(15)7-10)20(18,19)17-12(8-16)9-3-1-2-4-9;/h5-7,9,12,17H,1-4,8,16H2;1H. The predicted octanol–water partition coefficient (Wildman–Crippen LogP) is 3.32. The van der Waals surface area contributed by atoms with Gasteiger partial charge in [-0.25, -0.2) is 13.1 Å². The summed E-state index contributed by atoms with van der Waals surface area (Å²) in [5.74, 6) is 0.323. The predicted molar refractivity (Wildman–Crippen MR) is 91.5 cm³/mol. The maximum absolute atomic E-state index is 12.4. The first-order valence-corrected chi connectivity index (χ1v) is 9.27. The highest BCUT2D eigenvalue weighted by atomic mass is 79.9. The van der Waals surface area contributed by atoms with Crippen molar-refractivity contribution >= 4 is 50.0 Å². The molecule has 1 aliphatic rings. The Morgan fingerprint density at radius 1 is 1.38 bits per heavy atom. The Bertz CT molecular complexity index is 578. The maximum atomic E-state index is 12.4. The van der Waals surface area contributed by atoms with E-state index in [9.17, 15) is 8.42 Å². The highest BCUT2D eigenvalue weighted by molar-refractivity contribution is 9.10. The van der Waals surface area contributed by atoms with Gasteiger partial charge in [0.25, 0.3) is 0 Å². The molecule has 1 saturated carbocycles. The molecule has 1 atom stereocenters. The third kappa shape index (κ3) is 4.81. The van der Waals surface area contributed by atoms with E-state index in [1.807, 2.05) is 0 Å². The normalized spacial score (nSPS) is 17.5. The Labute approximate surface area is 145 Å². The minimum atomic E-state index is -3.64. The first kappa shape index (κ1) is 19.2. The Kier molecular flexibility index (Phi) is 7.43. The lowest BCUT2D eigenvalue weighted by molar-refractivity contribution is 0.405. The van der Waals surface area contributed by atoms with Gasteiger partial charge in [0.2, 0.25) is 10.0 Å². The van der Waals surface area contributed by atoms with Crippen molar-refractivity contribution in [3.8, 4) is 0 Å². The van der Waals surface area contributed by atoms with Gasteiger partial charge < -0.3 is 5.73 Å². The van der Waals surface area contributed by atoms with Gasteiger partial charge in [0, 0.05) is 17.1 Å². The van der Waals surface area contributed by atoms with E-state index in [4.69, 9.17) is 17.3 Å². The summed E-state index contributed by atoms with van der Waals surface area (Å²) in [5.41, 5.74) is 5.73. The second-order valence-electron chi connectivity index (χ2n) is 5.08. The minimum absolute atomic E-state index is 0. The number of nitrogens with two attached hydrogens (primary N) is 1. The van der Waals surface area contributed by atoms with Crippen molar-refractivity contribution in [1.82, 2.24) is 4.72 Å². The molecular weight excluding hydrogens is 399 g/mol. The molecule has 1 unspecified atom stereocenters. The molecule has 2 rings (SSSR count). The van der Waals surface area contributed by atoms with Crippen LogP contribution in [0.2, 0.25) is 5.02 Å². The molecule has 0 spiro atoms. The van der Waals surface area contributed by atoms with Gasteiger partial charge in [-0.05, 0) is 37.0 Å². The monoisotopic (exact) mass is 416 g/mol. The quantitative estimate of drug-likeness (QED) is 0.771. The van der Waals surface area contributed by atoms with Gasteiger partial charge in [-0.15, -0.1) is 12.4 Å². The van der Waals surface area contributed by atoms with Crippen LogP contribution in [0, 0.1) is 5.92 Å². The summed E-state index contributed by atoms with van der Waals surface area (Å²) in [5, 5.41) is 0.203.